The van der Waals surface area contributed by atoms with Crippen LogP contribution in [0.25, 0.3) is 0 Å². The number of β-lactam (4-membered cyclic amide) rings is 1. The number of hydrogen-bond donors (Lipinski definition) is 4. The van der Waals surface area contributed by atoms with Gasteiger partial charge in [-0.05, 0) is 31.5 Å². The number of fused-ring (bicyclic) bond motifs is 1. The van der Waals surface area contributed by atoms with Crippen molar-refractivity contribution in [2.24, 2.45) is 10.7 Å². The van der Waals surface area contributed by atoms with E-state index in [1.807, 2.05) is 0 Å². The molecule has 1 unspecified atom stereocenters. The zero-order valence-electron chi connectivity index (χ0n) is 21.6. The van der Waals surface area contributed by atoms with Crippen LogP contribution in [0.2, 0.25) is 0 Å². The molecule has 0 spiro atoms. The Balaban J connectivity index is 0.00000253. The molecule has 1 aromatic carbocycles. The van der Waals surface area contributed by atoms with Crippen molar-refractivity contribution in [3.63, 3.8) is 0 Å². The van der Waals surface area contributed by atoms with Crippen molar-refractivity contribution in [2.45, 2.75) is 42.1 Å². The summed E-state index contributed by atoms with van der Waals surface area (Å²) in [6.45, 7) is 3.20. The zero-order chi connectivity index (χ0) is 26.0. The number of nitrogens with one attached hydrogen (secondary N) is 2. The molecule has 11 nitrogen and oxygen atoms in total. The summed E-state index contributed by atoms with van der Waals surface area (Å²) in [6.07, 6.45) is 3.11. The number of rotatable bonds is 8. The Morgan fingerprint density at radius 3 is 2.49 bits per heavy atom. The number of benzene rings is 1. The Hall–Kier alpha value is -2.93. The van der Waals surface area contributed by atoms with Crippen LogP contribution < -0.4 is 45.9 Å². The van der Waals surface area contributed by atoms with Gasteiger partial charge in [0, 0.05) is 22.7 Å². The summed E-state index contributed by atoms with van der Waals surface area (Å²) < 4.78 is -0.717. The Morgan fingerprint density at radius 2 is 1.86 bits per heavy atom. The van der Waals surface area contributed by atoms with Gasteiger partial charge in [0.2, 0.25) is 17.7 Å². The minimum absolute atomic E-state index is 0. The van der Waals surface area contributed by atoms with Crippen molar-refractivity contribution < 1.29 is 55.3 Å². The van der Waals surface area contributed by atoms with Gasteiger partial charge in [0.15, 0.2) is 0 Å². The van der Waals surface area contributed by atoms with E-state index in [0.717, 1.165) is 0 Å². The number of thioether (sulfide) groups is 1. The normalized spacial score (nSPS) is 22.6. The van der Waals surface area contributed by atoms with E-state index in [2.05, 4.69) is 20.6 Å². The first kappa shape index (κ1) is 28.6. The monoisotopic (exact) mass is 534 g/mol. The first-order valence-electron chi connectivity index (χ1n) is 11.2. The molecular formula is C24H27N6NaO5S. The van der Waals surface area contributed by atoms with Gasteiger partial charge in [-0.1, -0.05) is 30.3 Å². The molecule has 0 saturated carbocycles. The summed E-state index contributed by atoms with van der Waals surface area (Å²) in [4.78, 5) is 59.7. The maximum absolute atomic E-state index is 13.3. The Morgan fingerprint density at radius 1 is 1.22 bits per heavy atom. The number of carbonyl (C=O) groups excluding carboxylic acids is 3. The number of carbonyl (C=O) groups is 4. The fourth-order valence-corrected chi connectivity index (χ4v) is 5.93. The summed E-state index contributed by atoms with van der Waals surface area (Å²) >= 11 is 1.32. The van der Waals surface area contributed by atoms with Crippen molar-refractivity contribution in [3.05, 3.63) is 66.0 Å². The fourth-order valence-electron chi connectivity index (χ4n) is 4.31. The number of pyridine rings is 1. The van der Waals surface area contributed by atoms with Crippen LogP contribution in [0, 0.1) is 0 Å². The van der Waals surface area contributed by atoms with Crippen LogP contribution >= 0.6 is 11.8 Å². The molecule has 4 atom stereocenters. The Kier molecular flexibility index (Phi) is 9.00. The van der Waals surface area contributed by atoms with E-state index in [9.17, 15) is 24.3 Å². The number of nitrogens with zero attached hydrogens (tertiary/aromatic N) is 3. The van der Waals surface area contributed by atoms with Gasteiger partial charge in [0.05, 0.1) is 0 Å². The molecule has 5 N–H and O–H groups in total. The molecule has 2 aliphatic rings. The third-order valence-corrected chi connectivity index (χ3v) is 7.61. The number of aliphatic imine (C=N–C) groups is 1. The number of carboxylic acid groups (broad SMARTS) is 1. The SMILES string of the molecule is CC1(C)S[C@@H]2[C@H](NC(=O)C(NC(=O)CN=C(N)c3ccncc3)c3ccccc3)C(=O)N2[C@H]1C(=O)O.[H-].[Na+]. The van der Waals surface area contributed by atoms with Crippen molar-refractivity contribution in [3.8, 4) is 0 Å². The number of aromatic nitrogens is 1. The second kappa shape index (κ2) is 11.6. The van der Waals surface area contributed by atoms with E-state index >= 15 is 0 Å². The summed E-state index contributed by atoms with van der Waals surface area (Å²) in [7, 11) is 0. The van der Waals surface area contributed by atoms with Crippen LogP contribution in [0.3, 0.4) is 0 Å². The fraction of sp³-hybridized carbons (Fsp3) is 0.333. The number of hydrogen-bond acceptors (Lipinski definition) is 7. The van der Waals surface area contributed by atoms with Crippen LogP contribution in [0.4, 0.5) is 0 Å². The number of carboxylic acids is 1. The van der Waals surface area contributed by atoms with Gasteiger partial charge in [0.1, 0.15) is 35.9 Å². The maximum Gasteiger partial charge on any atom is 1.00 e. The van der Waals surface area contributed by atoms with Gasteiger partial charge >= 0.3 is 35.5 Å². The predicted molar refractivity (Wildman–Crippen MR) is 134 cm³/mol. The average molecular weight is 535 g/mol. The quantitative estimate of drug-likeness (QED) is 0.124. The second-order valence-electron chi connectivity index (χ2n) is 8.93. The maximum atomic E-state index is 13.3. The molecule has 1 aromatic heterocycles. The van der Waals surface area contributed by atoms with E-state index in [-0.39, 0.29) is 43.4 Å². The Labute approximate surface area is 241 Å². The minimum atomic E-state index is -1.09. The van der Waals surface area contributed by atoms with Gasteiger partial charge in [-0.25, -0.2) is 4.79 Å². The molecule has 0 radical (unpaired) electrons. The molecular weight excluding hydrogens is 507 g/mol. The number of amides is 3. The third-order valence-electron chi connectivity index (χ3n) is 6.04. The average Bonchev–Trinajstić information content (AvgIpc) is 3.13. The van der Waals surface area contributed by atoms with Crippen molar-refractivity contribution >= 4 is 41.3 Å². The molecule has 2 aromatic rings. The van der Waals surface area contributed by atoms with Crippen LogP contribution in [-0.4, -0.2) is 73.3 Å². The topological polar surface area (TPSA) is 167 Å². The molecule has 2 aliphatic heterocycles. The summed E-state index contributed by atoms with van der Waals surface area (Å²) in [5.74, 6) is -2.53. The molecule has 190 valence electrons. The molecule has 13 heteroatoms. The van der Waals surface area contributed by atoms with Crippen molar-refractivity contribution in [1.82, 2.24) is 20.5 Å². The number of aliphatic carboxylic acids is 1. The molecule has 4 rings (SSSR count). The van der Waals surface area contributed by atoms with Crippen molar-refractivity contribution in [1.29, 1.82) is 0 Å². The molecule has 2 saturated heterocycles. The van der Waals surface area contributed by atoms with E-state index in [0.29, 0.717) is 11.1 Å². The van der Waals surface area contributed by atoms with E-state index < -0.39 is 51.9 Å². The van der Waals surface area contributed by atoms with E-state index in [1.165, 1.54) is 16.7 Å². The molecule has 0 bridgehead atoms. The summed E-state index contributed by atoms with van der Waals surface area (Å²) in [5.41, 5.74) is 7.06. The molecule has 3 amide bonds. The third kappa shape index (κ3) is 5.98. The summed E-state index contributed by atoms with van der Waals surface area (Å²) in [5, 5.41) is 14.4. The van der Waals surface area contributed by atoms with Gasteiger partial charge < -0.3 is 27.8 Å². The molecule has 37 heavy (non-hydrogen) atoms. The standard InChI is InChI=1S/C24H26N6O5S.Na.H/c1-24(2)18(23(34)35)30-21(33)17(22(30)36-24)29-20(32)16(13-6-4-3-5-7-13)28-15(31)12-27-19(25)14-8-10-26-11-9-14;;/h3-11,16-18,22H,12H2,1-2H3,(H2,25,27)(H,28,31)(H,29,32)(H,34,35);;/q;+1;-1/t16?,17-,18+,22-;;/m1../s1. The van der Waals surface area contributed by atoms with Crippen LogP contribution in [0.5, 0.6) is 0 Å². The molecule has 0 aliphatic carbocycles. The van der Waals surface area contributed by atoms with Gasteiger partial charge in [-0.3, -0.25) is 24.4 Å². The van der Waals surface area contributed by atoms with Gasteiger partial charge in [-0.2, -0.15) is 0 Å². The summed E-state index contributed by atoms with van der Waals surface area (Å²) in [6, 6.07) is 8.94. The minimum Gasteiger partial charge on any atom is -1.00 e. The van der Waals surface area contributed by atoms with Crippen LogP contribution in [0.15, 0.2) is 59.9 Å². The first-order valence-corrected chi connectivity index (χ1v) is 12.1. The van der Waals surface area contributed by atoms with Crippen LogP contribution in [-0.2, 0) is 19.2 Å². The Bertz CT molecular complexity index is 1220. The van der Waals surface area contributed by atoms with Crippen molar-refractivity contribution in [2.75, 3.05) is 6.54 Å². The van der Waals surface area contributed by atoms with E-state index in [4.69, 9.17) is 5.73 Å². The number of amidine groups is 1. The van der Waals surface area contributed by atoms with Gasteiger partial charge in [-0.15, -0.1) is 11.8 Å². The zero-order valence-corrected chi connectivity index (χ0v) is 23.4. The largest absolute Gasteiger partial charge is 1.00 e. The van der Waals surface area contributed by atoms with E-state index in [1.54, 1.807) is 68.7 Å². The van der Waals surface area contributed by atoms with Gasteiger partial charge in [0.25, 0.3) is 0 Å². The molecule has 2 fully saturated rings. The first-order chi connectivity index (χ1) is 17.1. The second-order valence-corrected chi connectivity index (χ2v) is 10.7. The smallest absolute Gasteiger partial charge is 1.00 e. The number of nitrogens with two attached hydrogens (primary N) is 1. The van der Waals surface area contributed by atoms with Crippen LogP contribution in [0.1, 0.15) is 32.4 Å². The molecule has 3 heterocycles. The predicted octanol–water partition coefficient (Wildman–Crippen LogP) is -2.61.